The Morgan fingerprint density at radius 3 is 2.02 bits per heavy atom. The molecule has 3 N–H and O–H groups in total. The zero-order valence-corrected chi connectivity index (χ0v) is 29.3. The summed E-state index contributed by atoms with van der Waals surface area (Å²) < 4.78 is 70.2. The zero-order valence-electron chi connectivity index (χ0n) is 28.5. The maximum absolute atomic E-state index is 13.9. The summed E-state index contributed by atoms with van der Waals surface area (Å²) in [4.78, 5) is 27.2. The standard InChI is InChI=1S/C35H45F2N3O8S/c1-22(2)19-47-20-31(46-5)18-33(41)32(21-48-30-16-27(36)15-28(37)17-30)39-35(43)26-12-25(13-29(14-26)40(4)49(6,44)45)34(42)38-23(3)24-10-8-7-9-11-24/h7-17,22-23,31-33,41H,18-21H2,1-6H3,(H,38,42)(H,39,43). The quantitative estimate of drug-likeness (QED) is 0.176. The van der Waals surface area contributed by atoms with E-state index in [0.29, 0.717) is 12.7 Å². The van der Waals surface area contributed by atoms with Crippen LogP contribution in [0.5, 0.6) is 5.75 Å². The fourth-order valence-corrected chi connectivity index (χ4v) is 5.24. The van der Waals surface area contributed by atoms with Crippen molar-refractivity contribution >= 4 is 27.5 Å². The van der Waals surface area contributed by atoms with E-state index in [2.05, 4.69) is 10.6 Å². The van der Waals surface area contributed by atoms with E-state index in [9.17, 15) is 31.9 Å². The van der Waals surface area contributed by atoms with E-state index in [1.807, 2.05) is 44.2 Å². The molecule has 0 aliphatic rings. The molecule has 0 radical (unpaired) electrons. The van der Waals surface area contributed by atoms with Crippen molar-refractivity contribution in [1.82, 2.24) is 10.6 Å². The molecule has 0 heterocycles. The summed E-state index contributed by atoms with van der Waals surface area (Å²) in [6.45, 7) is 5.95. The van der Waals surface area contributed by atoms with Gasteiger partial charge in [0.05, 0.1) is 42.8 Å². The van der Waals surface area contributed by atoms with Gasteiger partial charge in [-0.3, -0.25) is 13.9 Å². The highest BCUT2D eigenvalue weighted by atomic mass is 32.2. The van der Waals surface area contributed by atoms with Crippen LogP contribution in [-0.2, 0) is 19.5 Å². The van der Waals surface area contributed by atoms with E-state index in [0.717, 1.165) is 28.3 Å². The van der Waals surface area contributed by atoms with E-state index in [-0.39, 0.29) is 41.5 Å². The van der Waals surface area contributed by atoms with Crippen molar-refractivity contribution < 1.29 is 46.1 Å². The molecular formula is C35H45F2N3O8S. The first-order valence-electron chi connectivity index (χ1n) is 15.7. The van der Waals surface area contributed by atoms with E-state index in [1.54, 1.807) is 6.92 Å². The van der Waals surface area contributed by atoms with Gasteiger partial charge in [-0.1, -0.05) is 44.2 Å². The number of rotatable bonds is 18. The van der Waals surface area contributed by atoms with Crippen molar-refractivity contribution in [1.29, 1.82) is 0 Å². The van der Waals surface area contributed by atoms with Crippen molar-refractivity contribution in [2.24, 2.45) is 5.92 Å². The third kappa shape index (κ3) is 12.4. The maximum Gasteiger partial charge on any atom is 0.251 e. The van der Waals surface area contributed by atoms with Crippen LogP contribution >= 0.6 is 0 Å². The van der Waals surface area contributed by atoms with Gasteiger partial charge in [-0.15, -0.1) is 0 Å². The first-order chi connectivity index (χ1) is 23.1. The topological polar surface area (TPSA) is 144 Å². The molecule has 268 valence electrons. The fourth-order valence-electron chi connectivity index (χ4n) is 4.75. The van der Waals surface area contributed by atoms with Gasteiger partial charge in [-0.2, -0.15) is 0 Å². The average molecular weight is 706 g/mol. The number of carbonyl (C=O) groups is 2. The third-order valence-electron chi connectivity index (χ3n) is 7.59. The van der Waals surface area contributed by atoms with Crippen molar-refractivity contribution in [3.8, 4) is 5.75 Å². The molecule has 0 aliphatic heterocycles. The van der Waals surface area contributed by atoms with E-state index in [4.69, 9.17) is 14.2 Å². The molecule has 3 rings (SSSR count). The Labute approximate surface area is 286 Å². The van der Waals surface area contributed by atoms with Crippen LogP contribution < -0.4 is 19.7 Å². The lowest BCUT2D eigenvalue weighted by molar-refractivity contribution is -0.0315. The predicted octanol–water partition coefficient (Wildman–Crippen LogP) is 4.47. The van der Waals surface area contributed by atoms with Crippen LogP contribution in [0.25, 0.3) is 0 Å². The van der Waals surface area contributed by atoms with Crippen molar-refractivity contribution in [2.75, 3.05) is 44.5 Å². The van der Waals surface area contributed by atoms with Gasteiger partial charge < -0.3 is 30.0 Å². The fraction of sp³-hybridized carbons (Fsp3) is 0.429. The zero-order chi connectivity index (χ0) is 36.3. The molecule has 2 amide bonds. The summed E-state index contributed by atoms with van der Waals surface area (Å²) in [5, 5.41) is 16.8. The summed E-state index contributed by atoms with van der Waals surface area (Å²) in [6, 6.07) is 14.1. The first-order valence-corrected chi connectivity index (χ1v) is 17.5. The number of aliphatic hydroxyl groups excluding tert-OH is 1. The Bertz CT molecular complexity index is 1640. The minimum Gasteiger partial charge on any atom is -0.491 e. The number of amides is 2. The number of hydrogen-bond donors (Lipinski definition) is 3. The highest BCUT2D eigenvalue weighted by Crippen LogP contribution is 2.23. The Hall–Kier alpha value is -4.11. The summed E-state index contributed by atoms with van der Waals surface area (Å²) in [5.74, 6) is -3.01. The number of methoxy groups -OCH3 is 1. The Balaban J connectivity index is 1.93. The summed E-state index contributed by atoms with van der Waals surface area (Å²) >= 11 is 0. The van der Waals surface area contributed by atoms with Crippen molar-refractivity contribution in [2.45, 2.75) is 51.5 Å². The highest BCUT2D eigenvalue weighted by Gasteiger charge is 2.28. The summed E-state index contributed by atoms with van der Waals surface area (Å²) in [7, 11) is -1.06. The molecule has 14 heteroatoms. The molecule has 0 bridgehead atoms. The minimum atomic E-state index is -3.80. The minimum absolute atomic E-state index is 0.00580. The monoisotopic (exact) mass is 705 g/mol. The number of hydrogen-bond acceptors (Lipinski definition) is 8. The van der Waals surface area contributed by atoms with Crippen LogP contribution in [0.1, 0.15) is 59.5 Å². The maximum atomic E-state index is 13.9. The van der Waals surface area contributed by atoms with E-state index in [1.165, 1.54) is 32.4 Å². The number of aliphatic hydroxyl groups is 1. The molecule has 0 saturated heterocycles. The molecule has 0 saturated carbocycles. The number of anilines is 1. The second kappa shape index (κ2) is 18.0. The van der Waals surface area contributed by atoms with Crippen LogP contribution in [0, 0.1) is 17.6 Å². The smallest absolute Gasteiger partial charge is 0.251 e. The van der Waals surface area contributed by atoms with Gasteiger partial charge in [0.15, 0.2) is 0 Å². The third-order valence-corrected chi connectivity index (χ3v) is 8.80. The van der Waals surface area contributed by atoms with Crippen LogP contribution in [-0.4, -0.2) is 83.8 Å². The van der Waals surface area contributed by atoms with Crippen LogP contribution in [0.15, 0.2) is 66.7 Å². The number of benzene rings is 3. The van der Waals surface area contributed by atoms with Gasteiger partial charge in [0.25, 0.3) is 11.8 Å². The van der Waals surface area contributed by atoms with Gasteiger partial charge in [-0.25, -0.2) is 17.2 Å². The second-order valence-corrected chi connectivity index (χ2v) is 14.2. The molecule has 4 atom stereocenters. The molecular weight excluding hydrogens is 660 g/mol. The number of nitrogens with zero attached hydrogens (tertiary/aromatic N) is 1. The number of halogens is 2. The van der Waals surface area contributed by atoms with Crippen molar-refractivity contribution in [3.05, 3.63) is 95.1 Å². The molecule has 0 fully saturated rings. The van der Waals surface area contributed by atoms with Gasteiger partial charge in [0.2, 0.25) is 10.0 Å². The lowest BCUT2D eigenvalue weighted by Gasteiger charge is -2.27. The van der Waals surface area contributed by atoms with Crippen LogP contribution in [0.3, 0.4) is 0 Å². The van der Waals surface area contributed by atoms with Crippen LogP contribution in [0.4, 0.5) is 14.5 Å². The number of sulfonamides is 1. The Morgan fingerprint density at radius 2 is 1.47 bits per heavy atom. The lowest BCUT2D eigenvalue weighted by atomic mass is 10.0. The SMILES string of the molecule is COC(COCC(C)C)CC(O)C(COc1cc(F)cc(F)c1)NC(=O)c1cc(C(=O)NC(C)c2ccccc2)cc(N(C)S(C)(=O)=O)c1. The van der Waals surface area contributed by atoms with E-state index >= 15 is 0 Å². The number of carbonyl (C=O) groups excluding carboxylic acids is 2. The second-order valence-electron chi connectivity index (χ2n) is 12.2. The summed E-state index contributed by atoms with van der Waals surface area (Å²) in [5.41, 5.74) is 0.782. The highest BCUT2D eigenvalue weighted by molar-refractivity contribution is 7.92. The predicted molar refractivity (Wildman–Crippen MR) is 182 cm³/mol. The van der Waals surface area contributed by atoms with Crippen LogP contribution in [0.2, 0.25) is 0 Å². The molecule has 0 aromatic heterocycles. The van der Waals surface area contributed by atoms with Gasteiger partial charge in [-0.05, 0) is 36.6 Å². The molecule has 3 aromatic rings. The Morgan fingerprint density at radius 1 is 0.878 bits per heavy atom. The molecule has 0 aliphatic carbocycles. The van der Waals surface area contributed by atoms with Gasteiger partial charge >= 0.3 is 0 Å². The number of ether oxygens (including phenoxy) is 3. The normalized spacial score (nSPS) is 14.1. The molecule has 49 heavy (non-hydrogen) atoms. The number of nitrogens with one attached hydrogen (secondary N) is 2. The molecule has 4 unspecified atom stereocenters. The lowest BCUT2D eigenvalue weighted by Crippen LogP contribution is -2.48. The van der Waals surface area contributed by atoms with E-state index < -0.39 is 64.4 Å². The van der Waals surface area contributed by atoms with Gasteiger partial charge in [0, 0.05) is 56.5 Å². The average Bonchev–Trinajstić information content (AvgIpc) is 3.04. The largest absolute Gasteiger partial charge is 0.491 e. The molecule has 3 aromatic carbocycles. The Kier molecular flexibility index (Phi) is 14.5. The van der Waals surface area contributed by atoms with Crippen molar-refractivity contribution in [3.63, 3.8) is 0 Å². The molecule has 11 nitrogen and oxygen atoms in total. The van der Waals surface area contributed by atoms with Gasteiger partial charge in [0.1, 0.15) is 24.0 Å². The first kappa shape index (κ1) is 39.3. The molecule has 0 spiro atoms. The summed E-state index contributed by atoms with van der Waals surface area (Å²) in [6.07, 6.45) is -0.908.